The summed E-state index contributed by atoms with van der Waals surface area (Å²) in [5.41, 5.74) is 0.903. The van der Waals surface area contributed by atoms with E-state index in [1.807, 2.05) is 12.1 Å². The fourth-order valence-electron chi connectivity index (χ4n) is 1.32. The lowest BCUT2D eigenvalue weighted by Gasteiger charge is -2.06. The fraction of sp³-hybridized carbons (Fsp3) is 0.200. The van der Waals surface area contributed by atoms with E-state index in [-0.39, 0.29) is 4.87 Å². The number of hydrogen-bond donors (Lipinski definition) is 0. The fourth-order valence-corrected chi connectivity index (χ4v) is 1.90. The molecule has 0 amide bonds. The molecular formula is C10H10N2O2S. The molecule has 0 aliphatic carbocycles. The number of ether oxygens (including phenoxy) is 1. The second-order valence-electron chi connectivity index (χ2n) is 2.97. The monoisotopic (exact) mass is 222 g/mol. The van der Waals surface area contributed by atoms with Gasteiger partial charge < -0.3 is 9.30 Å². The maximum Gasteiger partial charge on any atom is 0.307 e. The summed E-state index contributed by atoms with van der Waals surface area (Å²) in [4.78, 5) is 15.4. The first-order valence-electron chi connectivity index (χ1n) is 4.43. The molecule has 0 spiro atoms. The van der Waals surface area contributed by atoms with Gasteiger partial charge in [-0.25, -0.2) is 4.98 Å². The highest BCUT2D eigenvalue weighted by Crippen LogP contribution is 2.14. The Morgan fingerprint density at radius 1 is 1.60 bits per heavy atom. The third-order valence-electron chi connectivity index (χ3n) is 2.03. The summed E-state index contributed by atoms with van der Waals surface area (Å²) in [6.07, 6.45) is 3.43. The Balaban J connectivity index is 2.32. The van der Waals surface area contributed by atoms with Crippen molar-refractivity contribution in [3.8, 4) is 5.88 Å². The van der Waals surface area contributed by atoms with Gasteiger partial charge in [-0.1, -0.05) is 17.4 Å². The largest absolute Gasteiger partial charge is 0.481 e. The standard InChI is InChI=1S/C10H10N2O2S/c1-14-9-8(3-2-4-11-9)7-12-5-6-15-10(12)13/h2-6H,7H2,1H3. The molecular weight excluding hydrogens is 212 g/mol. The van der Waals surface area contributed by atoms with E-state index in [1.165, 1.54) is 11.3 Å². The molecule has 0 saturated heterocycles. The van der Waals surface area contributed by atoms with Gasteiger partial charge in [-0.15, -0.1) is 0 Å². The lowest BCUT2D eigenvalue weighted by atomic mass is 10.2. The molecule has 0 saturated carbocycles. The Morgan fingerprint density at radius 2 is 2.47 bits per heavy atom. The highest BCUT2D eigenvalue weighted by Gasteiger charge is 2.05. The van der Waals surface area contributed by atoms with Crippen LogP contribution in [-0.4, -0.2) is 16.7 Å². The van der Waals surface area contributed by atoms with Crippen LogP contribution >= 0.6 is 11.3 Å². The molecule has 0 N–H and O–H groups in total. The minimum atomic E-state index is 0.0286. The van der Waals surface area contributed by atoms with Crippen LogP contribution in [0.25, 0.3) is 0 Å². The van der Waals surface area contributed by atoms with Gasteiger partial charge in [-0.3, -0.25) is 4.79 Å². The van der Waals surface area contributed by atoms with Crippen LogP contribution in [0.5, 0.6) is 5.88 Å². The van der Waals surface area contributed by atoms with E-state index in [0.29, 0.717) is 12.4 Å². The maximum atomic E-state index is 11.3. The molecule has 0 atom stereocenters. The molecule has 5 heteroatoms. The zero-order valence-corrected chi connectivity index (χ0v) is 9.03. The van der Waals surface area contributed by atoms with Crippen molar-refractivity contribution in [2.45, 2.75) is 6.54 Å². The summed E-state index contributed by atoms with van der Waals surface area (Å²) >= 11 is 1.18. The van der Waals surface area contributed by atoms with Gasteiger partial charge in [0.15, 0.2) is 0 Å². The second kappa shape index (κ2) is 4.27. The summed E-state index contributed by atoms with van der Waals surface area (Å²) in [5, 5.41) is 1.77. The molecule has 4 nitrogen and oxygen atoms in total. The molecule has 15 heavy (non-hydrogen) atoms. The molecule has 2 heterocycles. The lowest BCUT2D eigenvalue weighted by molar-refractivity contribution is 0.391. The van der Waals surface area contributed by atoms with E-state index in [9.17, 15) is 4.79 Å². The van der Waals surface area contributed by atoms with Crippen LogP contribution in [0.3, 0.4) is 0 Å². The van der Waals surface area contributed by atoms with Gasteiger partial charge in [-0.2, -0.15) is 0 Å². The van der Waals surface area contributed by atoms with Crippen molar-refractivity contribution >= 4 is 11.3 Å². The van der Waals surface area contributed by atoms with Crippen molar-refractivity contribution in [2.75, 3.05) is 7.11 Å². The highest BCUT2D eigenvalue weighted by molar-refractivity contribution is 7.07. The van der Waals surface area contributed by atoms with Gasteiger partial charge in [0, 0.05) is 23.3 Å². The van der Waals surface area contributed by atoms with Gasteiger partial charge in [0.1, 0.15) is 0 Å². The molecule has 0 fully saturated rings. The van der Waals surface area contributed by atoms with Crippen molar-refractivity contribution in [1.82, 2.24) is 9.55 Å². The molecule has 2 rings (SSSR count). The molecule has 0 unspecified atom stereocenters. The number of hydrogen-bond acceptors (Lipinski definition) is 4. The van der Waals surface area contributed by atoms with Crippen LogP contribution in [0.4, 0.5) is 0 Å². The summed E-state index contributed by atoms with van der Waals surface area (Å²) in [7, 11) is 1.57. The van der Waals surface area contributed by atoms with Crippen molar-refractivity contribution in [3.05, 3.63) is 45.1 Å². The van der Waals surface area contributed by atoms with Gasteiger partial charge in [0.25, 0.3) is 0 Å². The molecule has 0 aliphatic rings. The van der Waals surface area contributed by atoms with Crippen molar-refractivity contribution < 1.29 is 4.74 Å². The highest BCUT2D eigenvalue weighted by atomic mass is 32.1. The maximum absolute atomic E-state index is 11.3. The van der Waals surface area contributed by atoms with Crippen LogP contribution in [0.15, 0.2) is 34.7 Å². The number of thiazole rings is 1. The molecule has 0 bridgehead atoms. The Labute approximate surface area is 90.8 Å². The van der Waals surface area contributed by atoms with Gasteiger partial charge >= 0.3 is 4.87 Å². The average Bonchev–Trinajstić information content (AvgIpc) is 2.65. The van der Waals surface area contributed by atoms with Gasteiger partial charge in [-0.05, 0) is 6.07 Å². The molecule has 0 aromatic carbocycles. The van der Waals surface area contributed by atoms with E-state index in [0.717, 1.165) is 5.56 Å². The lowest BCUT2D eigenvalue weighted by Crippen LogP contribution is -2.13. The Morgan fingerprint density at radius 3 is 3.13 bits per heavy atom. The topological polar surface area (TPSA) is 44.1 Å². The Kier molecular flexibility index (Phi) is 2.82. The van der Waals surface area contributed by atoms with Gasteiger partial charge in [0.05, 0.1) is 13.7 Å². The predicted molar refractivity (Wildman–Crippen MR) is 58.5 cm³/mol. The SMILES string of the molecule is COc1ncccc1Cn1ccsc1=O. The van der Waals surface area contributed by atoms with Crippen LogP contribution in [-0.2, 0) is 6.54 Å². The van der Waals surface area contributed by atoms with E-state index < -0.39 is 0 Å². The number of methoxy groups -OCH3 is 1. The van der Waals surface area contributed by atoms with Crippen LogP contribution < -0.4 is 9.61 Å². The van der Waals surface area contributed by atoms with E-state index in [2.05, 4.69) is 4.98 Å². The predicted octanol–water partition coefficient (Wildman–Crippen LogP) is 1.36. The second-order valence-corrected chi connectivity index (χ2v) is 3.83. The van der Waals surface area contributed by atoms with E-state index in [1.54, 1.807) is 29.5 Å². The van der Waals surface area contributed by atoms with Crippen molar-refractivity contribution in [2.24, 2.45) is 0 Å². The minimum absolute atomic E-state index is 0.0286. The van der Waals surface area contributed by atoms with Crippen LogP contribution in [0, 0.1) is 0 Å². The number of rotatable bonds is 3. The first-order chi connectivity index (χ1) is 7.31. The smallest absolute Gasteiger partial charge is 0.307 e. The number of pyridine rings is 1. The third-order valence-corrected chi connectivity index (χ3v) is 2.72. The first-order valence-corrected chi connectivity index (χ1v) is 5.31. The summed E-state index contributed by atoms with van der Waals surface area (Å²) in [6, 6.07) is 3.73. The Bertz CT molecular complexity index is 504. The normalized spacial score (nSPS) is 10.2. The molecule has 2 aromatic heterocycles. The zero-order valence-electron chi connectivity index (χ0n) is 8.21. The van der Waals surface area contributed by atoms with Crippen molar-refractivity contribution in [3.63, 3.8) is 0 Å². The van der Waals surface area contributed by atoms with E-state index in [4.69, 9.17) is 4.74 Å². The first kappa shape index (κ1) is 9.92. The number of aromatic nitrogens is 2. The van der Waals surface area contributed by atoms with Gasteiger partial charge in [0.2, 0.25) is 5.88 Å². The molecule has 78 valence electrons. The van der Waals surface area contributed by atoms with Crippen LogP contribution in [0.1, 0.15) is 5.56 Å². The quantitative estimate of drug-likeness (QED) is 0.787. The molecule has 0 aliphatic heterocycles. The summed E-state index contributed by atoms with van der Waals surface area (Å²) in [6.45, 7) is 0.499. The molecule has 2 aromatic rings. The summed E-state index contributed by atoms with van der Waals surface area (Å²) in [5.74, 6) is 0.565. The van der Waals surface area contributed by atoms with E-state index >= 15 is 0 Å². The third kappa shape index (κ3) is 2.07. The summed E-state index contributed by atoms with van der Waals surface area (Å²) < 4.78 is 6.74. The minimum Gasteiger partial charge on any atom is -0.481 e. The average molecular weight is 222 g/mol. The van der Waals surface area contributed by atoms with Crippen LogP contribution in [0.2, 0.25) is 0 Å². The number of nitrogens with zero attached hydrogens (tertiary/aromatic N) is 2. The zero-order chi connectivity index (χ0) is 10.7. The molecule has 0 radical (unpaired) electrons. The Hall–Kier alpha value is -1.62. The van der Waals surface area contributed by atoms with Crippen molar-refractivity contribution in [1.29, 1.82) is 0 Å².